The normalized spacial score (nSPS) is 10.4. The largest absolute Gasteiger partial charge is 0.348 e. The van der Waals surface area contributed by atoms with E-state index in [1.165, 1.54) is 12.3 Å². The predicted octanol–water partition coefficient (Wildman–Crippen LogP) is 4.30. The van der Waals surface area contributed by atoms with Gasteiger partial charge in [0, 0.05) is 34.2 Å². The smallest absolute Gasteiger partial charge is 0.251 e. The van der Waals surface area contributed by atoms with Crippen molar-refractivity contribution in [3.8, 4) is 0 Å². The molecule has 2 aromatic carbocycles. The molecule has 0 fully saturated rings. The highest BCUT2D eigenvalue weighted by Gasteiger charge is 2.09. The molecule has 3 aromatic rings. The van der Waals surface area contributed by atoms with Crippen LogP contribution in [0, 0.1) is 5.95 Å². The second-order valence-electron chi connectivity index (χ2n) is 5.07. The average molecular weight is 338 g/mol. The molecular weight excluding hydrogens is 323 g/mol. The van der Waals surface area contributed by atoms with Crippen LogP contribution >= 0.6 is 11.8 Å². The highest BCUT2D eigenvalue weighted by atomic mass is 32.2. The van der Waals surface area contributed by atoms with Crippen LogP contribution in [0.5, 0.6) is 0 Å². The van der Waals surface area contributed by atoms with Crippen molar-refractivity contribution >= 4 is 17.7 Å². The first kappa shape index (κ1) is 16.2. The SMILES string of the molecule is O=C(NCc1ccccc1Sc1ccccc1)c1ccnc(F)c1. The summed E-state index contributed by atoms with van der Waals surface area (Å²) < 4.78 is 13.1. The predicted molar refractivity (Wildman–Crippen MR) is 92.4 cm³/mol. The number of nitrogens with one attached hydrogen (secondary N) is 1. The van der Waals surface area contributed by atoms with Crippen molar-refractivity contribution < 1.29 is 9.18 Å². The van der Waals surface area contributed by atoms with Gasteiger partial charge in [-0.2, -0.15) is 4.39 Å². The standard InChI is InChI=1S/C19H15FN2OS/c20-18-12-14(10-11-21-18)19(23)22-13-15-6-4-5-9-17(15)24-16-7-2-1-3-8-16/h1-12H,13H2,(H,22,23). The second kappa shape index (κ2) is 7.75. The van der Waals surface area contributed by atoms with Crippen LogP contribution in [-0.2, 0) is 6.54 Å². The highest BCUT2D eigenvalue weighted by Crippen LogP contribution is 2.30. The van der Waals surface area contributed by atoms with Crippen molar-refractivity contribution in [2.75, 3.05) is 0 Å². The van der Waals surface area contributed by atoms with Crippen LogP contribution in [0.1, 0.15) is 15.9 Å². The summed E-state index contributed by atoms with van der Waals surface area (Å²) in [4.78, 5) is 17.8. The number of carbonyl (C=O) groups excluding carboxylic acids is 1. The van der Waals surface area contributed by atoms with E-state index in [9.17, 15) is 9.18 Å². The molecule has 1 amide bonds. The molecule has 3 nitrogen and oxygen atoms in total. The maximum absolute atomic E-state index is 13.1. The molecule has 0 saturated carbocycles. The molecule has 0 aliphatic rings. The summed E-state index contributed by atoms with van der Waals surface area (Å²) in [7, 11) is 0. The summed E-state index contributed by atoms with van der Waals surface area (Å²) in [6.07, 6.45) is 1.28. The molecule has 0 aliphatic carbocycles. The third kappa shape index (κ3) is 4.20. The van der Waals surface area contributed by atoms with Crippen LogP contribution in [0.25, 0.3) is 0 Å². The lowest BCUT2D eigenvalue weighted by molar-refractivity contribution is 0.0950. The summed E-state index contributed by atoms with van der Waals surface area (Å²) in [5.74, 6) is -0.988. The number of hydrogen-bond donors (Lipinski definition) is 1. The Labute approximate surface area is 143 Å². The molecule has 1 heterocycles. The molecule has 0 atom stereocenters. The number of carbonyl (C=O) groups is 1. The monoisotopic (exact) mass is 338 g/mol. The third-order valence-corrected chi connectivity index (χ3v) is 4.50. The summed E-state index contributed by atoms with van der Waals surface area (Å²) in [6, 6.07) is 20.5. The molecule has 0 unspecified atom stereocenters. The highest BCUT2D eigenvalue weighted by molar-refractivity contribution is 7.99. The van der Waals surface area contributed by atoms with E-state index in [1.807, 2.05) is 54.6 Å². The Kier molecular flexibility index (Phi) is 5.23. The van der Waals surface area contributed by atoms with Crippen LogP contribution < -0.4 is 5.32 Å². The van der Waals surface area contributed by atoms with Crippen molar-refractivity contribution in [2.45, 2.75) is 16.3 Å². The van der Waals surface area contributed by atoms with E-state index >= 15 is 0 Å². The zero-order valence-corrected chi connectivity index (χ0v) is 13.6. The van der Waals surface area contributed by atoms with Gasteiger partial charge in [-0.3, -0.25) is 4.79 Å². The number of amides is 1. The van der Waals surface area contributed by atoms with Gasteiger partial charge in [-0.25, -0.2) is 4.98 Å². The van der Waals surface area contributed by atoms with Crippen molar-refractivity contribution in [3.63, 3.8) is 0 Å². The Morgan fingerprint density at radius 1 is 1.04 bits per heavy atom. The minimum atomic E-state index is -0.664. The van der Waals surface area contributed by atoms with Crippen LogP contribution in [0.15, 0.2) is 82.7 Å². The topological polar surface area (TPSA) is 42.0 Å². The number of halogens is 1. The number of hydrogen-bond acceptors (Lipinski definition) is 3. The molecular formula is C19H15FN2OS. The maximum atomic E-state index is 13.1. The lowest BCUT2D eigenvalue weighted by Crippen LogP contribution is -2.23. The molecule has 0 saturated heterocycles. The van der Waals surface area contributed by atoms with E-state index < -0.39 is 5.95 Å². The Balaban J connectivity index is 1.70. The zero-order valence-electron chi connectivity index (χ0n) is 12.8. The minimum Gasteiger partial charge on any atom is -0.348 e. The van der Waals surface area contributed by atoms with Crippen LogP contribution in [-0.4, -0.2) is 10.9 Å². The second-order valence-corrected chi connectivity index (χ2v) is 6.19. The van der Waals surface area contributed by atoms with Crippen LogP contribution in [0.3, 0.4) is 0 Å². The van der Waals surface area contributed by atoms with E-state index in [-0.39, 0.29) is 11.5 Å². The number of pyridine rings is 1. The van der Waals surface area contributed by atoms with E-state index in [2.05, 4.69) is 10.3 Å². The van der Waals surface area contributed by atoms with Gasteiger partial charge in [-0.1, -0.05) is 48.2 Å². The quantitative estimate of drug-likeness (QED) is 0.705. The van der Waals surface area contributed by atoms with Crippen molar-refractivity contribution in [2.24, 2.45) is 0 Å². The number of benzene rings is 2. The van der Waals surface area contributed by atoms with Gasteiger partial charge in [0.15, 0.2) is 0 Å². The Hall–Kier alpha value is -2.66. The molecule has 0 bridgehead atoms. The molecule has 1 N–H and O–H groups in total. The zero-order chi connectivity index (χ0) is 16.8. The first-order chi connectivity index (χ1) is 11.7. The summed E-state index contributed by atoms with van der Waals surface area (Å²) in [5, 5.41) is 2.82. The van der Waals surface area contributed by atoms with Gasteiger partial charge in [0.1, 0.15) is 0 Å². The van der Waals surface area contributed by atoms with Gasteiger partial charge < -0.3 is 5.32 Å². The Bertz CT molecular complexity index is 840. The van der Waals surface area contributed by atoms with Crippen molar-refractivity contribution in [3.05, 3.63) is 90.0 Å². The summed E-state index contributed by atoms with van der Waals surface area (Å²) in [6.45, 7) is 0.374. The van der Waals surface area contributed by atoms with Gasteiger partial charge in [0.25, 0.3) is 5.91 Å². The number of nitrogens with zero attached hydrogens (tertiary/aromatic N) is 1. The summed E-state index contributed by atoms with van der Waals surface area (Å²) >= 11 is 1.64. The first-order valence-corrected chi connectivity index (χ1v) is 8.24. The first-order valence-electron chi connectivity index (χ1n) is 7.43. The van der Waals surface area contributed by atoms with Gasteiger partial charge in [-0.05, 0) is 29.8 Å². The van der Waals surface area contributed by atoms with Crippen molar-refractivity contribution in [1.82, 2.24) is 10.3 Å². The van der Waals surface area contributed by atoms with Gasteiger partial charge in [0.05, 0.1) is 0 Å². The molecule has 24 heavy (non-hydrogen) atoms. The maximum Gasteiger partial charge on any atom is 0.251 e. The van der Waals surface area contributed by atoms with Gasteiger partial charge in [-0.15, -0.1) is 0 Å². The number of aromatic nitrogens is 1. The fourth-order valence-corrected chi connectivity index (χ4v) is 3.15. The Morgan fingerprint density at radius 3 is 2.58 bits per heavy atom. The summed E-state index contributed by atoms with van der Waals surface area (Å²) in [5.41, 5.74) is 1.27. The molecule has 0 aliphatic heterocycles. The fraction of sp³-hybridized carbons (Fsp3) is 0.0526. The van der Waals surface area contributed by atoms with E-state index in [0.717, 1.165) is 21.4 Å². The van der Waals surface area contributed by atoms with Crippen molar-refractivity contribution in [1.29, 1.82) is 0 Å². The van der Waals surface area contributed by atoms with E-state index in [0.29, 0.717) is 6.54 Å². The molecule has 5 heteroatoms. The van der Waals surface area contributed by atoms with Gasteiger partial charge >= 0.3 is 0 Å². The van der Waals surface area contributed by atoms with E-state index in [4.69, 9.17) is 0 Å². The lowest BCUT2D eigenvalue weighted by atomic mass is 10.2. The third-order valence-electron chi connectivity index (χ3n) is 3.37. The molecule has 3 rings (SSSR count). The molecule has 0 radical (unpaired) electrons. The van der Waals surface area contributed by atoms with Crippen LogP contribution in [0.4, 0.5) is 4.39 Å². The average Bonchev–Trinajstić information content (AvgIpc) is 2.61. The van der Waals surface area contributed by atoms with Gasteiger partial charge in [0.2, 0.25) is 5.95 Å². The Morgan fingerprint density at radius 2 is 1.79 bits per heavy atom. The fourth-order valence-electron chi connectivity index (χ4n) is 2.19. The van der Waals surface area contributed by atoms with Crippen LogP contribution in [0.2, 0.25) is 0 Å². The molecule has 0 spiro atoms. The molecule has 120 valence electrons. The molecule has 1 aromatic heterocycles. The minimum absolute atomic E-state index is 0.260. The number of rotatable bonds is 5. The lowest BCUT2D eigenvalue weighted by Gasteiger charge is -2.10. The van der Waals surface area contributed by atoms with E-state index in [1.54, 1.807) is 11.8 Å².